The van der Waals surface area contributed by atoms with Crippen LogP contribution in [0.25, 0.3) is 0 Å². The molecule has 2 aromatic rings. The SMILES string of the molecule is Nc1cc(C(=O)Nc2ccc(C(=O)O)cc2)ccc1F. The number of nitrogen functional groups attached to an aromatic ring is 1. The smallest absolute Gasteiger partial charge is 0.335 e. The van der Waals surface area contributed by atoms with E-state index in [9.17, 15) is 14.0 Å². The summed E-state index contributed by atoms with van der Waals surface area (Å²) in [5, 5.41) is 11.3. The molecule has 0 bridgehead atoms. The Morgan fingerprint density at radius 2 is 1.65 bits per heavy atom. The molecule has 0 heterocycles. The first-order valence-electron chi connectivity index (χ1n) is 5.67. The first-order valence-corrected chi connectivity index (χ1v) is 5.67. The van der Waals surface area contributed by atoms with Crippen molar-refractivity contribution in [2.24, 2.45) is 0 Å². The van der Waals surface area contributed by atoms with Gasteiger partial charge in [-0.05, 0) is 42.5 Å². The van der Waals surface area contributed by atoms with Crippen molar-refractivity contribution >= 4 is 23.3 Å². The van der Waals surface area contributed by atoms with E-state index >= 15 is 0 Å². The summed E-state index contributed by atoms with van der Waals surface area (Å²) in [5.74, 6) is -2.10. The van der Waals surface area contributed by atoms with Gasteiger partial charge >= 0.3 is 5.97 Å². The van der Waals surface area contributed by atoms with E-state index in [0.29, 0.717) is 5.69 Å². The van der Waals surface area contributed by atoms with Gasteiger partial charge in [0.05, 0.1) is 11.3 Å². The van der Waals surface area contributed by atoms with Gasteiger partial charge in [-0.1, -0.05) is 0 Å². The van der Waals surface area contributed by atoms with E-state index in [4.69, 9.17) is 10.8 Å². The molecule has 102 valence electrons. The normalized spacial score (nSPS) is 10.1. The lowest BCUT2D eigenvalue weighted by Crippen LogP contribution is -2.12. The predicted octanol–water partition coefficient (Wildman–Crippen LogP) is 2.36. The van der Waals surface area contributed by atoms with Crippen LogP contribution >= 0.6 is 0 Å². The molecule has 0 unspecified atom stereocenters. The summed E-state index contributed by atoms with van der Waals surface area (Å²) in [5.41, 5.74) is 6.04. The highest BCUT2D eigenvalue weighted by atomic mass is 19.1. The standard InChI is InChI=1S/C14H11FN2O3/c15-11-6-3-9(7-12(11)16)13(18)17-10-4-1-8(2-5-10)14(19)20/h1-7H,16H2,(H,17,18)(H,19,20). The Hall–Kier alpha value is -2.89. The Balaban J connectivity index is 2.14. The van der Waals surface area contributed by atoms with Gasteiger partial charge in [0.15, 0.2) is 0 Å². The van der Waals surface area contributed by atoms with Crippen LogP contribution in [-0.4, -0.2) is 17.0 Å². The fraction of sp³-hybridized carbons (Fsp3) is 0. The molecule has 0 saturated heterocycles. The average molecular weight is 274 g/mol. The van der Waals surface area contributed by atoms with E-state index < -0.39 is 17.7 Å². The molecule has 0 spiro atoms. The molecule has 0 aliphatic carbocycles. The fourth-order valence-electron chi connectivity index (χ4n) is 1.58. The van der Waals surface area contributed by atoms with Crippen molar-refractivity contribution < 1.29 is 19.1 Å². The summed E-state index contributed by atoms with van der Waals surface area (Å²) < 4.78 is 13.0. The summed E-state index contributed by atoms with van der Waals surface area (Å²) in [4.78, 5) is 22.6. The molecule has 1 amide bonds. The van der Waals surface area contributed by atoms with Crippen molar-refractivity contribution in [1.82, 2.24) is 0 Å². The van der Waals surface area contributed by atoms with Crippen LogP contribution in [0.4, 0.5) is 15.8 Å². The number of nitrogens with one attached hydrogen (secondary N) is 1. The minimum atomic E-state index is -1.05. The number of amides is 1. The number of benzene rings is 2. The van der Waals surface area contributed by atoms with E-state index in [0.717, 1.165) is 6.07 Å². The summed E-state index contributed by atoms with van der Waals surface area (Å²) in [6.45, 7) is 0. The second-order valence-electron chi connectivity index (χ2n) is 4.07. The van der Waals surface area contributed by atoms with Crippen LogP contribution in [-0.2, 0) is 0 Å². The Morgan fingerprint density at radius 1 is 1.05 bits per heavy atom. The van der Waals surface area contributed by atoms with E-state index in [-0.39, 0.29) is 16.8 Å². The summed E-state index contributed by atoms with van der Waals surface area (Å²) in [6.07, 6.45) is 0. The molecular formula is C14H11FN2O3. The van der Waals surface area contributed by atoms with Crippen molar-refractivity contribution in [2.45, 2.75) is 0 Å². The van der Waals surface area contributed by atoms with Crippen LogP contribution < -0.4 is 11.1 Å². The topological polar surface area (TPSA) is 92.4 Å². The van der Waals surface area contributed by atoms with Crippen molar-refractivity contribution in [1.29, 1.82) is 0 Å². The van der Waals surface area contributed by atoms with Crippen LogP contribution in [0.5, 0.6) is 0 Å². The van der Waals surface area contributed by atoms with Crippen LogP contribution in [0.1, 0.15) is 20.7 Å². The zero-order chi connectivity index (χ0) is 14.7. The number of carbonyl (C=O) groups excluding carboxylic acids is 1. The molecular weight excluding hydrogens is 263 g/mol. The number of carboxylic acids is 1. The van der Waals surface area contributed by atoms with Crippen molar-refractivity contribution in [2.75, 3.05) is 11.1 Å². The molecule has 4 N–H and O–H groups in total. The van der Waals surface area contributed by atoms with Gasteiger partial charge in [0, 0.05) is 11.3 Å². The number of hydrogen-bond donors (Lipinski definition) is 3. The second-order valence-corrected chi connectivity index (χ2v) is 4.07. The highest BCUT2D eigenvalue weighted by Gasteiger charge is 2.09. The number of carbonyl (C=O) groups is 2. The zero-order valence-electron chi connectivity index (χ0n) is 10.3. The lowest BCUT2D eigenvalue weighted by Gasteiger charge is -2.06. The fourth-order valence-corrected chi connectivity index (χ4v) is 1.58. The van der Waals surface area contributed by atoms with E-state index in [1.165, 1.54) is 36.4 Å². The number of aromatic carboxylic acids is 1. The molecule has 20 heavy (non-hydrogen) atoms. The van der Waals surface area contributed by atoms with Gasteiger partial charge in [0.1, 0.15) is 5.82 Å². The molecule has 0 radical (unpaired) electrons. The number of rotatable bonds is 3. The van der Waals surface area contributed by atoms with E-state index in [1.54, 1.807) is 0 Å². The van der Waals surface area contributed by atoms with E-state index in [1.807, 2.05) is 0 Å². The van der Waals surface area contributed by atoms with Crippen molar-refractivity contribution in [3.05, 3.63) is 59.4 Å². The molecule has 6 heteroatoms. The van der Waals surface area contributed by atoms with Gasteiger partial charge in [-0.2, -0.15) is 0 Å². The minimum absolute atomic E-state index is 0.112. The van der Waals surface area contributed by atoms with Crippen molar-refractivity contribution in [3.63, 3.8) is 0 Å². The van der Waals surface area contributed by atoms with Gasteiger partial charge in [-0.15, -0.1) is 0 Å². The lowest BCUT2D eigenvalue weighted by molar-refractivity contribution is 0.0696. The third kappa shape index (κ3) is 2.92. The Bertz CT molecular complexity index is 669. The quantitative estimate of drug-likeness (QED) is 0.749. The second kappa shape index (κ2) is 5.40. The molecule has 0 saturated carbocycles. The lowest BCUT2D eigenvalue weighted by atomic mass is 10.1. The molecule has 0 aliphatic rings. The number of nitrogens with two attached hydrogens (primary N) is 1. The highest BCUT2D eigenvalue weighted by Crippen LogP contribution is 2.15. The van der Waals surface area contributed by atoms with Gasteiger partial charge in [0.25, 0.3) is 5.91 Å². The zero-order valence-corrected chi connectivity index (χ0v) is 10.3. The monoisotopic (exact) mass is 274 g/mol. The predicted molar refractivity (Wildman–Crippen MR) is 72.2 cm³/mol. The number of anilines is 2. The first kappa shape index (κ1) is 13.5. The molecule has 5 nitrogen and oxygen atoms in total. The van der Waals surface area contributed by atoms with Gasteiger partial charge < -0.3 is 16.2 Å². The molecule has 0 atom stereocenters. The van der Waals surface area contributed by atoms with Crippen LogP contribution in [0.2, 0.25) is 0 Å². The number of halogens is 1. The third-order valence-corrected chi connectivity index (χ3v) is 2.65. The molecule has 0 aliphatic heterocycles. The largest absolute Gasteiger partial charge is 0.478 e. The maximum atomic E-state index is 13.0. The van der Waals surface area contributed by atoms with Crippen LogP contribution in [0.3, 0.4) is 0 Å². The van der Waals surface area contributed by atoms with Gasteiger partial charge in [0.2, 0.25) is 0 Å². The van der Waals surface area contributed by atoms with Gasteiger partial charge in [-0.3, -0.25) is 4.79 Å². The van der Waals surface area contributed by atoms with Crippen molar-refractivity contribution in [3.8, 4) is 0 Å². The number of hydrogen-bond acceptors (Lipinski definition) is 3. The summed E-state index contributed by atoms with van der Waals surface area (Å²) in [6, 6.07) is 9.33. The van der Waals surface area contributed by atoms with Gasteiger partial charge in [-0.25, -0.2) is 9.18 Å². The Morgan fingerprint density at radius 3 is 2.20 bits per heavy atom. The van der Waals surface area contributed by atoms with Crippen LogP contribution in [0.15, 0.2) is 42.5 Å². The molecule has 0 aromatic heterocycles. The minimum Gasteiger partial charge on any atom is -0.478 e. The Labute approximate surface area is 113 Å². The number of carboxylic acid groups (broad SMARTS) is 1. The van der Waals surface area contributed by atoms with E-state index in [2.05, 4.69) is 5.32 Å². The maximum Gasteiger partial charge on any atom is 0.335 e. The summed E-state index contributed by atoms with van der Waals surface area (Å²) >= 11 is 0. The maximum absolute atomic E-state index is 13.0. The molecule has 2 rings (SSSR count). The third-order valence-electron chi connectivity index (χ3n) is 2.65. The summed E-state index contributed by atoms with van der Waals surface area (Å²) in [7, 11) is 0. The highest BCUT2D eigenvalue weighted by molar-refractivity contribution is 6.05. The molecule has 0 fully saturated rings. The average Bonchev–Trinajstić information content (AvgIpc) is 2.42. The first-order chi connectivity index (χ1) is 9.47. The molecule has 2 aromatic carbocycles. The Kier molecular flexibility index (Phi) is 3.65. The van der Waals surface area contributed by atoms with Crippen LogP contribution in [0, 0.1) is 5.82 Å².